The Morgan fingerprint density at radius 3 is 2.57 bits per heavy atom. The molecule has 0 aromatic heterocycles. The van der Waals surface area contributed by atoms with E-state index in [1.165, 1.54) is 7.11 Å². The van der Waals surface area contributed by atoms with Crippen molar-refractivity contribution in [1.82, 2.24) is 0 Å². The molecule has 0 saturated carbocycles. The van der Waals surface area contributed by atoms with Crippen LogP contribution in [0.1, 0.15) is 33.1 Å². The summed E-state index contributed by atoms with van der Waals surface area (Å²) in [6, 6.07) is 0. The number of ketones is 1. The van der Waals surface area contributed by atoms with Crippen LogP contribution in [0.25, 0.3) is 0 Å². The fourth-order valence-electron chi connectivity index (χ4n) is 1.76. The van der Waals surface area contributed by atoms with Crippen LogP contribution in [0, 0.1) is 5.92 Å². The van der Waals surface area contributed by atoms with Crippen LogP contribution in [0.3, 0.4) is 0 Å². The molecule has 14 heavy (non-hydrogen) atoms. The van der Waals surface area contributed by atoms with Crippen molar-refractivity contribution in [3.8, 4) is 0 Å². The molecule has 0 radical (unpaired) electrons. The molecule has 0 spiro atoms. The van der Waals surface area contributed by atoms with E-state index in [4.69, 9.17) is 0 Å². The minimum Gasteiger partial charge on any atom is -0.469 e. The quantitative estimate of drug-likeness (QED) is 0.647. The first-order chi connectivity index (χ1) is 6.56. The Morgan fingerprint density at radius 1 is 1.50 bits per heavy atom. The summed E-state index contributed by atoms with van der Waals surface area (Å²) in [6.07, 6.45) is 1.76. The number of rotatable bonds is 3. The summed E-state index contributed by atoms with van der Waals surface area (Å²) in [5.74, 6) is -0.0273. The third-order valence-electron chi connectivity index (χ3n) is 2.86. The first kappa shape index (κ1) is 11.0. The highest BCUT2D eigenvalue weighted by atomic mass is 16.5. The fraction of sp³-hybridized carbons (Fsp3) is 0.636. The molecule has 3 heteroatoms. The van der Waals surface area contributed by atoms with Gasteiger partial charge in [-0.2, -0.15) is 0 Å². The van der Waals surface area contributed by atoms with Gasteiger partial charge in [-0.1, -0.05) is 5.57 Å². The van der Waals surface area contributed by atoms with Gasteiger partial charge in [-0.05, 0) is 32.3 Å². The smallest absolute Gasteiger partial charge is 0.305 e. The Bertz CT molecular complexity index is 289. The van der Waals surface area contributed by atoms with Gasteiger partial charge in [0.2, 0.25) is 0 Å². The van der Waals surface area contributed by atoms with E-state index in [-0.39, 0.29) is 17.7 Å². The summed E-state index contributed by atoms with van der Waals surface area (Å²) in [5, 5.41) is 0. The van der Waals surface area contributed by atoms with Crippen molar-refractivity contribution in [3.05, 3.63) is 11.1 Å². The van der Waals surface area contributed by atoms with Gasteiger partial charge in [0.1, 0.15) is 0 Å². The molecule has 1 aliphatic carbocycles. The molecule has 0 aromatic rings. The van der Waals surface area contributed by atoms with Gasteiger partial charge in [-0.25, -0.2) is 0 Å². The van der Waals surface area contributed by atoms with Crippen LogP contribution >= 0.6 is 0 Å². The molecule has 0 saturated heterocycles. The van der Waals surface area contributed by atoms with Crippen molar-refractivity contribution in [2.24, 2.45) is 5.92 Å². The summed E-state index contributed by atoms with van der Waals surface area (Å²) in [4.78, 5) is 22.5. The molecule has 0 aliphatic heterocycles. The van der Waals surface area contributed by atoms with Gasteiger partial charge in [0.25, 0.3) is 0 Å². The zero-order valence-corrected chi connectivity index (χ0v) is 8.92. The summed E-state index contributed by atoms with van der Waals surface area (Å²) in [7, 11) is 1.37. The molecular formula is C11H16O3. The Morgan fingerprint density at radius 2 is 2.14 bits per heavy atom. The molecule has 0 heterocycles. The van der Waals surface area contributed by atoms with E-state index in [1.54, 1.807) is 0 Å². The van der Waals surface area contributed by atoms with Crippen molar-refractivity contribution in [2.45, 2.75) is 33.1 Å². The average molecular weight is 196 g/mol. The lowest BCUT2D eigenvalue weighted by Gasteiger charge is -2.06. The molecule has 1 rings (SSSR count). The number of carbonyl (C=O) groups excluding carboxylic acids is 2. The predicted octanol–water partition coefficient (Wildman–Crippen LogP) is 1.86. The second-order valence-electron chi connectivity index (χ2n) is 3.79. The van der Waals surface area contributed by atoms with E-state index in [0.29, 0.717) is 12.8 Å². The second kappa shape index (κ2) is 4.40. The van der Waals surface area contributed by atoms with Crippen molar-refractivity contribution in [3.63, 3.8) is 0 Å². The highest BCUT2D eigenvalue weighted by Gasteiger charge is 2.28. The van der Waals surface area contributed by atoms with Crippen LogP contribution in [0.2, 0.25) is 0 Å². The van der Waals surface area contributed by atoms with Gasteiger partial charge in [0.15, 0.2) is 5.78 Å². The molecule has 0 aromatic carbocycles. The maximum Gasteiger partial charge on any atom is 0.305 e. The molecule has 0 fully saturated rings. The molecule has 0 amide bonds. The number of allylic oxidation sites excluding steroid dienone is 2. The number of methoxy groups -OCH3 is 1. The fourth-order valence-corrected chi connectivity index (χ4v) is 1.76. The number of ether oxygens (including phenoxy) is 1. The first-order valence-corrected chi connectivity index (χ1v) is 4.83. The number of esters is 1. The van der Waals surface area contributed by atoms with E-state index in [2.05, 4.69) is 4.74 Å². The molecule has 1 aliphatic rings. The van der Waals surface area contributed by atoms with Gasteiger partial charge < -0.3 is 4.74 Å². The lowest BCUT2D eigenvalue weighted by atomic mass is 9.98. The van der Waals surface area contributed by atoms with Crippen LogP contribution < -0.4 is 0 Å². The monoisotopic (exact) mass is 196 g/mol. The van der Waals surface area contributed by atoms with Crippen LogP contribution in [0.4, 0.5) is 0 Å². The largest absolute Gasteiger partial charge is 0.469 e. The zero-order chi connectivity index (χ0) is 10.7. The van der Waals surface area contributed by atoms with E-state index >= 15 is 0 Å². The predicted molar refractivity (Wildman–Crippen MR) is 52.7 cm³/mol. The maximum atomic E-state index is 11.6. The molecule has 1 atom stereocenters. The molecule has 0 bridgehead atoms. The minimum absolute atomic E-state index is 0.00843. The standard InChI is InChI=1S/C11H16O3/c1-7-6-9(11(13)8(7)2)4-5-10(12)14-3/h9H,4-6H2,1-3H3. The number of hydrogen-bond acceptors (Lipinski definition) is 3. The van der Waals surface area contributed by atoms with Gasteiger partial charge in [-0.3, -0.25) is 9.59 Å². The SMILES string of the molecule is COC(=O)CCC1CC(C)=C(C)C1=O. The van der Waals surface area contributed by atoms with Crippen molar-refractivity contribution in [2.75, 3.05) is 7.11 Å². The minimum atomic E-state index is -0.236. The number of carbonyl (C=O) groups is 2. The van der Waals surface area contributed by atoms with Gasteiger partial charge in [-0.15, -0.1) is 0 Å². The number of Topliss-reactive ketones (excluding diaryl/α,β-unsaturated/α-hetero) is 1. The van der Waals surface area contributed by atoms with E-state index in [1.807, 2.05) is 13.8 Å². The molecular weight excluding hydrogens is 180 g/mol. The topological polar surface area (TPSA) is 43.4 Å². The summed E-state index contributed by atoms with van der Waals surface area (Å²) < 4.78 is 4.54. The average Bonchev–Trinajstić information content (AvgIpc) is 2.42. The van der Waals surface area contributed by atoms with E-state index in [0.717, 1.165) is 17.6 Å². The Kier molecular flexibility index (Phi) is 3.44. The second-order valence-corrected chi connectivity index (χ2v) is 3.79. The van der Waals surface area contributed by atoms with E-state index < -0.39 is 0 Å². The van der Waals surface area contributed by atoms with Gasteiger partial charge in [0, 0.05) is 12.3 Å². The van der Waals surface area contributed by atoms with Gasteiger partial charge >= 0.3 is 5.97 Å². The summed E-state index contributed by atoms with van der Waals surface area (Å²) in [5.41, 5.74) is 2.03. The first-order valence-electron chi connectivity index (χ1n) is 4.83. The Balaban J connectivity index is 2.44. The Hall–Kier alpha value is -1.12. The summed E-state index contributed by atoms with van der Waals surface area (Å²) >= 11 is 0. The Labute approximate surface area is 84.1 Å². The lowest BCUT2D eigenvalue weighted by molar-refractivity contribution is -0.141. The van der Waals surface area contributed by atoms with Gasteiger partial charge in [0.05, 0.1) is 7.11 Å². The van der Waals surface area contributed by atoms with Crippen molar-refractivity contribution in [1.29, 1.82) is 0 Å². The normalized spacial score (nSPS) is 21.6. The van der Waals surface area contributed by atoms with Crippen LogP contribution in [0.15, 0.2) is 11.1 Å². The molecule has 78 valence electrons. The van der Waals surface area contributed by atoms with Crippen LogP contribution in [-0.4, -0.2) is 18.9 Å². The third-order valence-corrected chi connectivity index (χ3v) is 2.86. The van der Waals surface area contributed by atoms with Crippen LogP contribution in [-0.2, 0) is 14.3 Å². The zero-order valence-electron chi connectivity index (χ0n) is 8.92. The third kappa shape index (κ3) is 2.22. The summed E-state index contributed by atoms with van der Waals surface area (Å²) in [6.45, 7) is 3.83. The van der Waals surface area contributed by atoms with Crippen LogP contribution in [0.5, 0.6) is 0 Å². The van der Waals surface area contributed by atoms with Crippen molar-refractivity contribution >= 4 is 11.8 Å². The maximum absolute atomic E-state index is 11.6. The highest BCUT2D eigenvalue weighted by molar-refractivity contribution is 6.00. The molecule has 1 unspecified atom stereocenters. The molecule has 3 nitrogen and oxygen atoms in total. The lowest BCUT2D eigenvalue weighted by Crippen LogP contribution is -2.12. The van der Waals surface area contributed by atoms with E-state index in [9.17, 15) is 9.59 Å². The number of hydrogen-bond donors (Lipinski definition) is 0. The van der Waals surface area contributed by atoms with Crippen molar-refractivity contribution < 1.29 is 14.3 Å². The highest BCUT2D eigenvalue weighted by Crippen LogP contribution is 2.30. The molecule has 0 N–H and O–H groups in total.